The minimum absolute atomic E-state index is 0.220. The average molecular weight is 238 g/mol. The SMILES string of the molecule is Oc1ccc(-c2ncc(-c3cccnc3)o2)cc1. The molecular formula is C14H10N2O2. The molecule has 0 radical (unpaired) electrons. The Hall–Kier alpha value is -2.62. The number of aromatic hydroxyl groups is 1. The first-order valence-corrected chi connectivity index (χ1v) is 5.48. The van der Waals surface area contributed by atoms with Crippen molar-refractivity contribution in [3.8, 4) is 28.5 Å². The monoisotopic (exact) mass is 238 g/mol. The minimum Gasteiger partial charge on any atom is -0.508 e. The molecule has 0 amide bonds. The molecule has 0 saturated carbocycles. The molecule has 2 heterocycles. The Labute approximate surface area is 104 Å². The van der Waals surface area contributed by atoms with Crippen LogP contribution in [0.4, 0.5) is 0 Å². The zero-order valence-corrected chi connectivity index (χ0v) is 9.45. The predicted octanol–water partition coefficient (Wildman–Crippen LogP) is 3.11. The largest absolute Gasteiger partial charge is 0.508 e. The molecule has 0 unspecified atom stereocenters. The summed E-state index contributed by atoms with van der Waals surface area (Å²) >= 11 is 0. The van der Waals surface area contributed by atoms with Crippen LogP contribution in [0, 0.1) is 0 Å². The molecule has 3 aromatic rings. The number of rotatable bonds is 2. The van der Waals surface area contributed by atoms with E-state index in [1.807, 2.05) is 12.1 Å². The van der Waals surface area contributed by atoms with E-state index >= 15 is 0 Å². The van der Waals surface area contributed by atoms with E-state index in [2.05, 4.69) is 9.97 Å². The van der Waals surface area contributed by atoms with Crippen LogP contribution in [0.5, 0.6) is 5.75 Å². The summed E-state index contributed by atoms with van der Waals surface area (Å²) in [6, 6.07) is 10.5. The van der Waals surface area contributed by atoms with Gasteiger partial charge in [-0.05, 0) is 36.4 Å². The highest BCUT2D eigenvalue weighted by Crippen LogP contribution is 2.26. The molecule has 88 valence electrons. The van der Waals surface area contributed by atoms with Crippen molar-refractivity contribution >= 4 is 0 Å². The maximum atomic E-state index is 9.23. The van der Waals surface area contributed by atoms with Gasteiger partial charge < -0.3 is 9.52 Å². The van der Waals surface area contributed by atoms with Crippen LogP contribution in [0.1, 0.15) is 0 Å². The van der Waals surface area contributed by atoms with Crippen LogP contribution in [-0.4, -0.2) is 15.1 Å². The van der Waals surface area contributed by atoms with Gasteiger partial charge in [0.25, 0.3) is 0 Å². The molecule has 0 aliphatic rings. The van der Waals surface area contributed by atoms with E-state index in [1.165, 1.54) is 0 Å². The number of hydrogen-bond acceptors (Lipinski definition) is 4. The van der Waals surface area contributed by atoms with Gasteiger partial charge in [0.05, 0.1) is 6.20 Å². The number of phenols is 1. The number of pyridine rings is 1. The van der Waals surface area contributed by atoms with Gasteiger partial charge in [0.1, 0.15) is 5.75 Å². The molecule has 2 aromatic heterocycles. The molecule has 0 spiro atoms. The second kappa shape index (κ2) is 4.33. The molecule has 18 heavy (non-hydrogen) atoms. The van der Waals surface area contributed by atoms with Gasteiger partial charge in [-0.15, -0.1) is 0 Å². The Bertz CT molecular complexity index is 645. The van der Waals surface area contributed by atoms with Gasteiger partial charge in [-0.1, -0.05) is 0 Å². The van der Waals surface area contributed by atoms with Crippen molar-refractivity contribution in [2.75, 3.05) is 0 Å². The van der Waals surface area contributed by atoms with Crippen LogP contribution in [0.3, 0.4) is 0 Å². The number of hydrogen-bond donors (Lipinski definition) is 1. The van der Waals surface area contributed by atoms with E-state index in [4.69, 9.17) is 4.42 Å². The summed E-state index contributed by atoms with van der Waals surface area (Å²) in [4.78, 5) is 8.25. The lowest BCUT2D eigenvalue weighted by molar-refractivity contribution is 0.475. The van der Waals surface area contributed by atoms with Crippen LogP contribution in [0.15, 0.2) is 59.4 Å². The van der Waals surface area contributed by atoms with Gasteiger partial charge in [-0.2, -0.15) is 0 Å². The smallest absolute Gasteiger partial charge is 0.226 e. The number of aromatic nitrogens is 2. The minimum atomic E-state index is 0.220. The van der Waals surface area contributed by atoms with Crippen LogP contribution in [0.25, 0.3) is 22.8 Å². The molecule has 0 atom stereocenters. The molecule has 0 saturated heterocycles. The molecule has 4 heteroatoms. The number of oxazole rings is 1. The van der Waals surface area contributed by atoms with E-state index in [0.29, 0.717) is 11.7 Å². The van der Waals surface area contributed by atoms with E-state index < -0.39 is 0 Å². The summed E-state index contributed by atoms with van der Waals surface area (Å²) in [5.74, 6) is 1.41. The lowest BCUT2D eigenvalue weighted by Crippen LogP contribution is -1.75. The van der Waals surface area contributed by atoms with E-state index in [9.17, 15) is 5.11 Å². The maximum Gasteiger partial charge on any atom is 0.226 e. The molecule has 3 rings (SSSR count). The van der Waals surface area contributed by atoms with E-state index in [1.54, 1.807) is 42.9 Å². The van der Waals surface area contributed by atoms with Crippen LogP contribution < -0.4 is 0 Å². The summed E-state index contributed by atoms with van der Waals surface area (Å²) in [7, 11) is 0. The summed E-state index contributed by atoms with van der Waals surface area (Å²) in [5, 5.41) is 9.23. The van der Waals surface area contributed by atoms with Gasteiger partial charge >= 0.3 is 0 Å². The fourth-order valence-electron chi connectivity index (χ4n) is 1.65. The third kappa shape index (κ3) is 1.96. The fraction of sp³-hybridized carbons (Fsp3) is 0. The third-order valence-electron chi connectivity index (χ3n) is 2.57. The molecule has 1 N–H and O–H groups in total. The van der Waals surface area contributed by atoms with E-state index in [0.717, 1.165) is 11.1 Å². The molecule has 0 aliphatic carbocycles. The van der Waals surface area contributed by atoms with Crippen molar-refractivity contribution in [1.29, 1.82) is 0 Å². The summed E-state index contributed by atoms with van der Waals surface area (Å²) in [5.41, 5.74) is 1.71. The van der Waals surface area contributed by atoms with Crippen LogP contribution in [-0.2, 0) is 0 Å². The second-order valence-electron chi connectivity index (χ2n) is 3.82. The van der Waals surface area contributed by atoms with Crippen molar-refractivity contribution in [3.63, 3.8) is 0 Å². The van der Waals surface area contributed by atoms with E-state index in [-0.39, 0.29) is 5.75 Å². The van der Waals surface area contributed by atoms with Crippen molar-refractivity contribution in [2.24, 2.45) is 0 Å². The van der Waals surface area contributed by atoms with Crippen molar-refractivity contribution in [3.05, 3.63) is 55.0 Å². The number of nitrogens with zero attached hydrogens (tertiary/aromatic N) is 2. The molecule has 0 fully saturated rings. The van der Waals surface area contributed by atoms with Gasteiger partial charge in [0.15, 0.2) is 5.76 Å². The first kappa shape index (κ1) is 10.5. The Morgan fingerprint density at radius 3 is 2.50 bits per heavy atom. The highest BCUT2D eigenvalue weighted by atomic mass is 16.4. The van der Waals surface area contributed by atoms with Gasteiger partial charge in [0, 0.05) is 23.5 Å². The highest BCUT2D eigenvalue weighted by molar-refractivity contribution is 5.60. The molecule has 0 bridgehead atoms. The van der Waals surface area contributed by atoms with Gasteiger partial charge in [-0.25, -0.2) is 4.98 Å². The zero-order valence-electron chi connectivity index (χ0n) is 9.45. The third-order valence-corrected chi connectivity index (χ3v) is 2.57. The van der Waals surface area contributed by atoms with Crippen molar-refractivity contribution < 1.29 is 9.52 Å². The summed E-state index contributed by atoms with van der Waals surface area (Å²) in [6.07, 6.45) is 5.10. The number of phenolic OH excluding ortho intramolecular Hbond substituents is 1. The predicted molar refractivity (Wildman–Crippen MR) is 66.8 cm³/mol. The quantitative estimate of drug-likeness (QED) is 0.745. The summed E-state index contributed by atoms with van der Waals surface area (Å²) < 4.78 is 5.66. The Morgan fingerprint density at radius 2 is 1.78 bits per heavy atom. The average Bonchev–Trinajstić information content (AvgIpc) is 2.90. The standard InChI is InChI=1S/C14H10N2O2/c17-12-5-3-10(4-6-12)14-16-9-13(18-14)11-2-1-7-15-8-11/h1-9,17H. The number of benzene rings is 1. The topological polar surface area (TPSA) is 59.2 Å². The maximum absolute atomic E-state index is 9.23. The second-order valence-corrected chi connectivity index (χ2v) is 3.82. The molecule has 0 aliphatic heterocycles. The first-order chi connectivity index (χ1) is 8.83. The Balaban J connectivity index is 1.97. The highest BCUT2D eigenvalue weighted by Gasteiger charge is 2.08. The normalized spacial score (nSPS) is 10.4. The van der Waals surface area contributed by atoms with Gasteiger partial charge in [-0.3, -0.25) is 4.98 Å². The van der Waals surface area contributed by atoms with Crippen LogP contribution >= 0.6 is 0 Å². The summed E-state index contributed by atoms with van der Waals surface area (Å²) in [6.45, 7) is 0. The molecule has 4 nitrogen and oxygen atoms in total. The van der Waals surface area contributed by atoms with Crippen molar-refractivity contribution in [2.45, 2.75) is 0 Å². The Kier molecular flexibility index (Phi) is 2.53. The lowest BCUT2D eigenvalue weighted by Gasteiger charge is -1.96. The van der Waals surface area contributed by atoms with Gasteiger partial charge in [0.2, 0.25) is 5.89 Å². The zero-order chi connectivity index (χ0) is 12.4. The first-order valence-electron chi connectivity index (χ1n) is 5.48. The molecular weight excluding hydrogens is 228 g/mol. The van der Waals surface area contributed by atoms with Crippen LogP contribution in [0.2, 0.25) is 0 Å². The molecule has 1 aromatic carbocycles. The lowest BCUT2D eigenvalue weighted by atomic mass is 10.2. The van der Waals surface area contributed by atoms with Crippen molar-refractivity contribution in [1.82, 2.24) is 9.97 Å². The fourth-order valence-corrected chi connectivity index (χ4v) is 1.65. The Morgan fingerprint density at radius 1 is 0.944 bits per heavy atom.